The van der Waals surface area contributed by atoms with Crippen LogP contribution < -0.4 is 5.32 Å². The fraction of sp³-hybridized carbons (Fsp3) is 0.480. The largest absolute Gasteiger partial charge is 0.465 e. The van der Waals surface area contributed by atoms with Gasteiger partial charge in [0.1, 0.15) is 5.69 Å². The first-order chi connectivity index (χ1) is 16.2. The van der Waals surface area contributed by atoms with E-state index in [-0.39, 0.29) is 11.7 Å². The standard InChI is InChI=1S/C25H31ClN6O2/c1-14(2)8-18-13-32(12-16-6-4-15(3)5-7-16)22-20(17-9-19(26)11-28-10-17)29-24(30-21(18)22)23(27)31-25(33)34/h9-11,13-16H,4-8,12H2,1-3H3,(H2,27,31)(H,33,34). The number of nitrogens with zero attached hydrogens (tertiary/aromatic N) is 4. The van der Waals surface area contributed by atoms with Crippen molar-refractivity contribution in [1.29, 1.82) is 5.41 Å². The third kappa shape index (κ3) is 5.38. The first-order valence-electron chi connectivity index (χ1n) is 11.8. The Labute approximate surface area is 204 Å². The smallest absolute Gasteiger partial charge is 0.410 e. The Kier molecular flexibility index (Phi) is 7.16. The lowest BCUT2D eigenvalue weighted by Crippen LogP contribution is -2.30. The van der Waals surface area contributed by atoms with Crippen LogP contribution in [0.1, 0.15) is 57.8 Å². The van der Waals surface area contributed by atoms with Crippen LogP contribution in [0.2, 0.25) is 5.02 Å². The summed E-state index contributed by atoms with van der Waals surface area (Å²) in [5.41, 5.74) is 4.00. The average Bonchev–Trinajstić information content (AvgIpc) is 3.10. The van der Waals surface area contributed by atoms with Gasteiger partial charge in [-0.1, -0.05) is 45.2 Å². The fourth-order valence-electron chi connectivity index (χ4n) is 4.80. The molecule has 3 heterocycles. The number of hydrogen-bond donors (Lipinski definition) is 3. The van der Waals surface area contributed by atoms with Gasteiger partial charge < -0.3 is 9.67 Å². The molecule has 1 amide bonds. The Balaban J connectivity index is 1.90. The molecule has 1 saturated carbocycles. The summed E-state index contributed by atoms with van der Waals surface area (Å²) in [6, 6.07) is 1.79. The van der Waals surface area contributed by atoms with E-state index >= 15 is 0 Å². The molecule has 0 aliphatic heterocycles. The Bertz CT molecular complexity index is 1210. The quantitative estimate of drug-likeness (QED) is 0.305. The van der Waals surface area contributed by atoms with Crippen LogP contribution >= 0.6 is 11.6 Å². The average molecular weight is 483 g/mol. The maximum Gasteiger partial charge on any atom is 0.410 e. The molecule has 1 fully saturated rings. The molecule has 3 aromatic heterocycles. The molecule has 0 spiro atoms. The lowest BCUT2D eigenvalue weighted by atomic mass is 9.83. The summed E-state index contributed by atoms with van der Waals surface area (Å²) in [6.45, 7) is 7.50. The molecule has 34 heavy (non-hydrogen) atoms. The monoisotopic (exact) mass is 482 g/mol. The van der Waals surface area contributed by atoms with E-state index in [0.717, 1.165) is 35.5 Å². The van der Waals surface area contributed by atoms with Crippen LogP contribution in [0.3, 0.4) is 0 Å². The van der Waals surface area contributed by atoms with Crippen LogP contribution in [-0.4, -0.2) is 36.6 Å². The summed E-state index contributed by atoms with van der Waals surface area (Å²) >= 11 is 6.26. The Morgan fingerprint density at radius 1 is 1.26 bits per heavy atom. The molecule has 0 atom stereocenters. The van der Waals surface area contributed by atoms with Crippen molar-refractivity contribution in [3.63, 3.8) is 0 Å². The summed E-state index contributed by atoms with van der Waals surface area (Å²) in [5, 5.41) is 19.9. The molecule has 3 N–H and O–H groups in total. The van der Waals surface area contributed by atoms with Gasteiger partial charge in [-0.2, -0.15) is 0 Å². The van der Waals surface area contributed by atoms with Crippen molar-refractivity contribution >= 4 is 34.6 Å². The molecule has 0 radical (unpaired) electrons. The van der Waals surface area contributed by atoms with Crippen molar-refractivity contribution < 1.29 is 9.90 Å². The predicted molar refractivity (Wildman–Crippen MR) is 133 cm³/mol. The highest BCUT2D eigenvalue weighted by Crippen LogP contribution is 2.35. The normalized spacial score (nSPS) is 18.4. The number of amidine groups is 1. The van der Waals surface area contributed by atoms with Crippen LogP contribution in [0, 0.1) is 23.2 Å². The highest BCUT2D eigenvalue weighted by Gasteiger charge is 2.24. The molecular weight excluding hydrogens is 452 g/mol. The number of pyridine rings is 1. The molecule has 8 nitrogen and oxygen atoms in total. The van der Waals surface area contributed by atoms with Gasteiger partial charge in [0.25, 0.3) is 0 Å². The molecule has 180 valence electrons. The number of aromatic nitrogens is 4. The maximum atomic E-state index is 11.2. The Morgan fingerprint density at radius 2 is 2.00 bits per heavy atom. The minimum Gasteiger partial charge on any atom is -0.465 e. The third-order valence-corrected chi connectivity index (χ3v) is 6.65. The molecule has 1 aliphatic carbocycles. The summed E-state index contributed by atoms with van der Waals surface area (Å²) in [4.78, 5) is 24.7. The summed E-state index contributed by atoms with van der Waals surface area (Å²) in [7, 11) is 0. The van der Waals surface area contributed by atoms with E-state index in [0.29, 0.717) is 28.1 Å². The first-order valence-corrected chi connectivity index (χ1v) is 12.2. The molecule has 1 aliphatic rings. The van der Waals surface area contributed by atoms with Gasteiger partial charge in [-0.15, -0.1) is 0 Å². The second-order valence-corrected chi connectivity index (χ2v) is 10.3. The van der Waals surface area contributed by atoms with E-state index in [1.165, 1.54) is 25.7 Å². The fourth-order valence-corrected chi connectivity index (χ4v) is 4.98. The zero-order valence-electron chi connectivity index (χ0n) is 19.8. The zero-order valence-corrected chi connectivity index (χ0v) is 20.6. The van der Waals surface area contributed by atoms with Crippen LogP contribution in [0.4, 0.5) is 4.79 Å². The molecule has 9 heteroatoms. The molecule has 3 aromatic rings. The number of hydrogen-bond acceptors (Lipinski definition) is 5. The van der Waals surface area contributed by atoms with Crippen molar-refractivity contribution in [2.24, 2.45) is 17.8 Å². The van der Waals surface area contributed by atoms with Crippen LogP contribution in [0.25, 0.3) is 22.3 Å². The Morgan fingerprint density at radius 3 is 2.65 bits per heavy atom. The summed E-state index contributed by atoms with van der Waals surface area (Å²) < 4.78 is 2.25. The minimum absolute atomic E-state index is 0.0270. The van der Waals surface area contributed by atoms with Gasteiger partial charge in [-0.3, -0.25) is 15.7 Å². The van der Waals surface area contributed by atoms with Gasteiger partial charge >= 0.3 is 6.09 Å². The van der Waals surface area contributed by atoms with Crippen molar-refractivity contribution in [1.82, 2.24) is 24.8 Å². The zero-order chi connectivity index (χ0) is 24.4. The second kappa shape index (κ2) is 10.1. The van der Waals surface area contributed by atoms with Crippen LogP contribution in [-0.2, 0) is 13.0 Å². The van der Waals surface area contributed by atoms with Gasteiger partial charge in [-0.05, 0) is 48.6 Å². The summed E-state index contributed by atoms with van der Waals surface area (Å²) in [6.07, 6.45) is 9.77. The number of nitrogens with one attached hydrogen (secondary N) is 2. The highest BCUT2D eigenvalue weighted by atomic mass is 35.5. The van der Waals surface area contributed by atoms with Crippen molar-refractivity contribution in [3.8, 4) is 11.3 Å². The van der Waals surface area contributed by atoms with E-state index in [4.69, 9.17) is 22.1 Å². The van der Waals surface area contributed by atoms with Crippen LogP contribution in [0.5, 0.6) is 0 Å². The molecule has 0 aromatic carbocycles. The number of carbonyl (C=O) groups is 1. The number of amides is 1. The molecule has 0 bridgehead atoms. The van der Waals surface area contributed by atoms with Crippen molar-refractivity contribution in [2.75, 3.05) is 0 Å². The van der Waals surface area contributed by atoms with Crippen molar-refractivity contribution in [2.45, 2.75) is 59.4 Å². The van der Waals surface area contributed by atoms with E-state index in [1.807, 2.05) is 0 Å². The summed E-state index contributed by atoms with van der Waals surface area (Å²) in [5.74, 6) is 1.42. The molecule has 0 unspecified atom stereocenters. The van der Waals surface area contributed by atoms with Gasteiger partial charge in [0.05, 0.1) is 16.1 Å². The van der Waals surface area contributed by atoms with Gasteiger partial charge in [-0.25, -0.2) is 14.8 Å². The van der Waals surface area contributed by atoms with E-state index < -0.39 is 6.09 Å². The minimum atomic E-state index is -1.33. The second-order valence-electron chi connectivity index (χ2n) is 9.82. The third-order valence-electron chi connectivity index (χ3n) is 6.44. The lowest BCUT2D eigenvalue weighted by Gasteiger charge is -2.26. The van der Waals surface area contributed by atoms with Gasteiger partial charge in [0.2, 0.25) is 0 Å². The van der Waals surface area contributed by atoms with E-state index in [2.05, 4.69) is 51.8 Å². The van der Waals surface area contributed by atoms with Crippen LogP contribution in [0.15, 0.2) is 24.7 Å². The number of fused-ring (bicyclic) bond motifs is 1. The molecule has 4 rings (SSSR count). The topological polar surface area (TPSA) is 117 Å². The molecule has 0 saturated heterocycles. The Hall–Kier alpha value is -3.00. The maximum absolute atomic E-state index is 11.2. The number of carboxylic acid groups (broad SMARTS) is 1. The van der Waals surface area contributed by atoms with E-state index in [9.17, 15) is 4.79 Å². The number of halogens is 1. The predicted octanol–water partition coefficient (Wildman–Crippen LogP) is 5.76. The van der Waals surface area contributed by atoms with Crippen molar-refractivity contribution in [3.05, 3.63) is 41.1 Å². The highest BCUT2D eigenvalue weighted by molar-refractivity contribution is 6.30. The molecular formula is C25H31ClN6O2. The van der Waals surface area contributed by atoms with Gasteiger partial charge in [0, 0.05) is 30.7 Å². The van der Waals surface area contributed by atoms with Gasteiger partial charge in [0.15, 0.2) is 11.7 Å². The number of rotatable bonds is 6. The lowest BCUT2D eigenvalue weighted by molar-refractivity contribution is 0.200. The van der Waals surface area contributed by atoms with E-state index in [1.54, 1.807) is 18.5 Å². The SMILES string of the molecule is CC(C)Cc1cn(CC2CCC(C)CC2)c2c(-c3cncc(Cl)c3)nc(C(=N)NC(=O)O)nc12. The first kappa shape index (κ1) is 24.1.